The number of nitro groups is 1. The zero-order valence-electron chi connectivity index (χ0n) is 18.1. The van der Waals surface area contributed by atoms with Gasteiger partial charge in [-0.1, -0.05) is 41.4 Å². The molecule has 11 heteroatoms. The summed E-state index contributed by atoms with van der Waals surface area (Å²) < 4.78 is 5.56. The Morgan fingerprint density at radius 3 is 2.60 bits per heavy atom. The van der Waals surface area contributed by atoms with Crippen LogP contribution in [0.1, 0.15) is 22.6 Å². The number of hydrogen-bond acceptors (Lipinski definition) is 8. The summed E-state index contributed by atoms with van der Waals surface area (Å²) in [6.45, 7) is 1.79. The summed E-state index contributed by atoms with van der Waals surface area (Å²) in [6, 6.07) is 15.8. The lowest BCUT2D eigenvalue weighted by Gasteiger charge is -2.16. The summed E-state index contributed by atoms with van der Waals surface area (Å²) in [5, 5.41) is 25.5. The van der Waals surface area contributed by atoms with E-state index in [1.54, 1.807) is 61.7 Å². The van der Waals surface area contributed by atoms with Crippen molar-refractivity contribution >= 4 is 40.4 Å². The normalized spacial score (nSPS) is 11.4. The Morgan fingerprint density at radius 1 is 1.17 bits per heavy atom. The van der Waals surface area contributed by atoms with Gasteiger partial charge in [0.1, 0.15) is 12.1 Å². The van der Waals surface area contributed by atoms with Crippen molar-refractivity contribution in [1.82, 2.24) is 15.0 Å². The van der Waals surface area contributed by atoms with Gasteiger partial charge in [-0.3, -0.25) is 15.1 Å². The van der Waals surface area contributed by atoms with Crippen molar-refractivity contribution in [1.29, 1.82) is 5.26 Å². The number of aromatic nitrogens is 3. The van der Waals surface area contributed by atoms with Gasteiger partial charge in [-0.25, -0.2) is 4.98 Å². The van der Waals surface area contributed by atoms with Crippen LogP contribution in [0.25, 0.3) is 0 Å². The van der Waals surface area contributed by atoms with E-state index in [0.717, 1.165) is 11.9 Å². The van der Waals surface area contributed by atoms with E-state index in [-0.39, 0.29) is 17.4 Å². The molecule has 1 unspecified atom stereocenters. The number of hydrogen-bond donors (Lipinski definition) is 1. The molecule has 0 bridgehead atoms. The zero-order valence-corrected chi connectivity index (χ0v) is 19.7. The Bertz CT molecular complexity index is 1430. The summed E-state index contributed by atoms with van der Waals surface area (Å²) >= 11 is 12.5. The molecule has 0 spiro atoms. The summed E-state index contributed by atoms with van der Waals surface area (Å²) in [5.41, 5.74) is 2.05. The second kappa shape index (κ2) is 10.3. The minimum absolute atomic E-state index is 0.0784. The Morgan fingerprint density at radius 2 is 1.94 bits per heavy atom. The van der Waals surface area contributed by atoms with Crippen LogP contribution in [-0.4, -0.2) is 19.9 Å². The molecular weight excluding hydrogens is 491 g/mol. The molecule has 35 heavy (non-hydrogen) atoms. The first kappa shape index (κ1) is 23.9. The summed E-state index contributed by atoms with van der Waals surface area (Å²) in [5.74, 6) is -0.660. The van der Waals surface area contributed by atoms with Crippen LogP contribution in [0.3, 0.4) is 0 Å². The average Bonchev–Trinajstić information content (AvgIpc) is 2.84. The molecular formula is C24H16Cl2N6O3. The number of nitriles is 1. The molecule has 0 radical (unpaired) electrons. The average molecular weight is 507 g/mol. The van der Waals surface area contributed by atoms with Gasteiger partial charge in [-0.05, 0) is 53.9 Å². The fourth-order valence-electron chi connectivity index (χ4n) is 3.38. The molecule has 2 heterocycles. The van der Waals surface area contributed by atoms with E-state index in [0.29, 0.717) is 26.9 Å². The van der Waals surface area contributed by atoms with Crippen LogP contribution in [0.5, 0.6) is 11.6 Å². The lowest BCUT2D eigenvalue weighted by molar-refractivity contribution is -0.385. The third-order valence-corrected chi connectivity index (χ3v) is 5.64. The number of benzene rings is 2. The van der Waals surface area contributed by atoms with E-state index in [2.05, 4.69) is 26.3 Å². The van der Waals surface area contributed by atoms with Crippen LogP contribution in [0, 0.1) is 28.4 Å². The molecule has 0 aliphatic carbocycles. The third kappa shape index (κ3) is 5.30. The van der Waals surface area contributed by atoms with Crippen molar-refractivity contribution in [2.24, 2.45) is 0 Å². The maximum absolute atomic E-state index is 11.9. The zero-order chi connectivity index (χ0) is 24.9. The smallest absolute Gasteiger partial charge is 0.373 e. The third-order valence-electron chi connectivity index (χ3n) is 5.06. The lowest BCUT2D eigenvalue weighted by atomic mass is 9.91. The fourth-order valence-corrected chi connectivity index (χ4v) is 3.78. The first-order valence-electron chi connectivity index (χ1n) is 10.2. The molecule has 1 N–H and O–H groups in total. The molecule has 0 aliphatic rings. The van der Waals surface area contributed by atoms with E-state index < -0.39 is 16.5 Å². The number of pyridine rings is 1. The van der Waals surface area contributed by atoms with Crippen molar-refractivity contribution in [2.75, 3.05) is 5.32 Å². The number of aryl methyl sites for hydroxylation is 1. The Balaban J connectivity index is 1.69. The molecule has 2 aromatic heterocycles. The van der Waals surface area contributed by atoms with E-state index in [4.69, 9.17) is 27.9 Å². The molecule has 174 valence electrons. The van der Waals surface area contributed by atoms with Gasteiger partial charge in [0.05, 0.1) is 23.1 Å². The number of rotatable bonds is 7. The summed E-state index contributed by atoms with van der Waals surface area (Å²) in [7, 11) is 0. The molecule has 2 aromatic carbocycles. The second-order valence-electron chi connectivity index (χ2n) is 7.35. The summed E-state index contributed by atoms with van der Waals surface area (Å²) in [6.07, 6.45) is 4.11. The molecule has 9 nitrogen and oxygen atoms in total. The highest BCUT2D eigenvalue weighted by atomic mass is 35.5. The Labute approximate surface area is 210 Å². The minimum atomic E-state index is -0.633. The van der Waals surface area contributed by atoms with Crippen molar-refractivity contribution in [3.05, 3.63) is 104 Å². The summed E-state index contributed by atoms with van der Waals surface area (Å²) in [4.78, 5) is 23.1. The van der Waals surface area contributed by atoms with Crippen LogP contribution in [-0.2, 0) is 0 Å². The Kier molecular flexibility index (Phi) is 7.06. The minimum Gasteiger partial charge on any atom is -0.432 e. The quantitative estimate of drug-likeness (QED) is 0.219. The highest BCUT2D eigenvalue weighted by molar-refractivity contribution is 6.32. The van der Waals surface area contributed by atoms with E-state index in [1.807, 2.05) is 0 Å². The molecule has 0 amide bonds. The standard InChI is InChI=1S/C24H16Cl2N6O3/c1-14-9-18(19(11-27)15-4-6-16(25)7-5-15)20(26)10-21(14)31-23-22(32(33)34)24(30-13-29-23)35-17-3-2-8-28-12-17/h2-10,12-13,19H,1H3,(H,29,30,31). The maximum Gasteiger partial charge on any atom is 0.373 e. The molecule has 4 rings (SSSR count). The van der Waals surface area contributed by atoms with Gasteiger partial charge in [0, 0.05) is 21.9 Å². The first-order valence-corrected chi connectivity index (χ1v) is 10.9. The number of anilines is 2. The van der Waals surface area contributed by atoms with Crippen LogP contribution in [0.15, 0.2) is 67.3 Å². The van der Waals surface area contributed by atoms with Gasteiger partial charge >= 0.3 is 11.6 Å². The molecule has 0 saturated carbocycles. The van der Waals surface area contributed by atoms with Gasteiger partial charge < -0.3 is 10.1 Å². The number of nitrogens with one attached hydrogen (secondary N) is 1. The van der Waals surface area contributed by atoms with Crippen LogP contribution >= 0.6 is 23.2 Å². The second-order valence-corrected chi connectivity index (χ2v) is 8.19. The van der Waals surface area contributed by atoms with Crippen molar-refractivity contribution in [3.8, 4) is 17.7 Å². The molecule has 4 aromatic rings. The molecule has 0 fully saturated rings. The lowest BCUT2D eigenvalue weighted by Crippen LogP contribution is -2.06. The number of ether oxygens (including phenoxy) is 1. The monoisotopic (exact) mass is 506 g/mol. The Hall–Kier alpha value is -4.26. The molecule has 0 saturated heterocycles. The van der Waals surface area contributed by atoms with E-state index in [1.165, 1.54) is 6.20 Å². The number of halogens is 2. The van der Waals surface area contributed by atoms with Crippen LogP contribution in [0.4, 0.5) is 17.2 Å². The van der Waals surface area contributed by atoms with Gasteiger partial charge in [0.2, 0.25) is 5.82 Å². The van der Waals surface area contributed by atoms with E-state index in [9.17, 15) is 15.4 Å². The highest BCUT2D eigenvalue weighted by Crippen LogP contribution is 2.38. The molecule has 0 aliphatic heterocycles. The maximum atomic E-state index is 11.9. The van der Waals surface area contributed by atoms with Gasteiger partial charge in [-0.2, -0.15) is 10.2 Å². The molecule has 1 atom stereocenters. The van der Waals surface area contributed by atoms with E-state index >= 15 is 0 Å². The highest BCUT2D eigenvalue weighted by Gasteiger charge is 2.26. The SMILES string of the molecule is Cc1cc(C(C#N)c2ccc(Cl)cc2)c(Cl)cc1Nc1ncnc(Oc2cccnc2)c1[N+](=O)[O-]. The predicted octanol–water partition coefficient (Wildman–Crippen LogP) is 6.59. The van der Waals surface area contributed by atoms with Crippen molar-refractivity contribution < 1.29 is 9.66 Å². The fraction of sp³-hybridized carbons (Fsp3) is 0.0833. The van der Waals surface area contributed by atoms with Gasteiger partial charge in [-0.15, -0.1) is 0 Å². The predicted molar refractivity (Wildman–Crippen MR) is 131 cm³/mol. The number of nitrogens with zero attached hydrogens (tertiary/aromatic N) is 5. The van der Waals surface area contributed by atoms with Crippen molar-refractivity contribution in [2.45, 2.75) is 12.8 Å². The van der Waals surface area contributed by atoms with Gasteiger partial charge in [0.25, 0.3) is 0 Å². The van der Waals surface area contributed by atoms with Crippen molar-refractivity contribution in [3.63, 3.8) is 0 Å². The first-order chi connectivity index (χ1) is 16.9. The van der Waals surface area contributed by atoms with Gasteiger partial charge in [0.15, 0.2) is 0 Å². The van der Waals surface area contributed by atoms with Crippen LogP contribution < -0.4 is 10.1 Å². The van der Waals surface area contributed by atoms with Crippen LogP contribution in [0.2, 0.25) is 10.0 Å². The largest absolute Gasteiger partial charge is 0.432 e. The topological polar surface area (TPSA) is 127 Å².